The largest absolute Gasteiger partial charge is 0.481 e. The summed E-state index contributed by atoms with van der Waals surface area (Å²) < 4.78 is 71.2. The minimum atomic E-state index is -0.862. The topological polar surface area (TPSA) is 174 Å². The molecule has 0 aliphatic heterocycles. The smallest absolute Gasteiger partial charge is 0.305 e. The first kappa shape index (κ1) is 62.5. The van der Waals surface area contributed by atoms with E-state index in [2.05, 4.69) is 6.92 Å². The summed E-state index contributed by atoms with van der Waals surface area (Å²) in [5.74, 6) is -1.21. The van der Waals surface area contributed by atoms with E-state index < -0.39 is 5.97 Å². The van der Waals surface area contributed by atoms with Gasteiger partial charge < -0.3 is 66.7 Å². The van der Waals surface area contributed by atoms with Gasteiger partial charge in [-0.15, -0.1) is 0 Å². The summed E-state index contributed by atoms with van der Waals surface area (Å²) in [4.78, 5) is 22.0. The molecule has 0 rings (SSSR count). The van der Waals surface area contributed by atoms with Crippen molar-refractivity contribution >= 4 is 11.9 Å². The van der Waals surface area contributed by atoms with Crippen LogP contribution in [0.3, 0.4) is 0 Å². The molecule has 0 aromatic rings. The molecule has 16 nitrogen and oxygen atoms in total. The first-order valence-electron chi connectivity index (χ1n) is 25.0. The third-order valence-electron chi connectivity index (χ3n) is 9.75. The molecule has 0 aromatic carbocycles. The van der Waals surface area contributed by atoms with Crippen LogP contribution in [0.2, 0.25) is 0 Å². The molecule has 0 fully saturated rings. The summed E-state index contributed by atoms with van der Waals surface area (Å²) >= 11 is 0. The second-order valence-corrected chi connectivity index (χ2v) is 15.5. The second kappa shape index (κ2) is 57.6. The van der Waals surface area contributed by atoms with Gasteiger partial charge in [-0.25, -0.2) is 0 Å². The van der Waals surface area contributed by atoms with Crippen LogP contribution >= 0.6 is 0 Å². The first-order valence-corrected chi connectivity index (χ1v) is 25.0. The van der Waals surface area contributed by atoms with E-state index >= 15 is 0 Å². The van der Waals surface area contributed by atoms with Crippen LogP contribution in [0.15, 0.2) is 0 Å². The summed E-state index contributed by atoms with van der Waals surface area (Å²) in [5, 5.41) is 8.57. The Morgan fingerprint density at radius 1 is 0.266 bits per heavy atom. The molecule has 0 aromatic heterocycles. The Labute approximate surface area is 387 Å². The van der Waals surface area contributed by atoms with Gasteiger partial charge in [0.2, 0.25) is 0 Å². The van der Waals surface area contributed by atoms with Crippen LogP contribution in [0.1, 0.15) is 135 Å². The Kier molecular flexibility index (Phi) is 56.2. The zero-order valence-electron chi connectivity index (χ0n) is 40.4. The molecule has 0 unspecified atom stereocenters. The molecule has 1 N–H and O–H groups in total. The molecule has 0 spiro atoms. The maximum Gasteiger partial charge on any atom is 0.305 e. The number of carboxylic acids is 1. The molecule has 16 heteroatoms. The average Bonchev–Trinajstić information content (AvgIpc) is 3.29. The van der Waals surface area contributed by atoms with Gasteiger partial charge in [0.25, 0.3) is 0 Å². The highest BCUT2D eigenvalue weighted by molar-refractivity contribution is 5.69. The van der Waals surface area contributed by atoms with E-state index in [1.165, 1.54) is 96.3 Å². The van der Waals surface area contributed by atoms with Gasteiger partial charge in [0.1, 0.15) is 6.61 Å². The quantitative estimate of drug-likeness (QED) is 0.0465. The standard InChI is InChI=1S/C48H94O16/c1-2-3-4-5-6-7-8-9-10-11-12-13-14-15-16-19-22-52-23-24-53-25-26-54-27-28-55-29-30-56-31-32-57-33-34-58-35-36-59-37-38-60-39-40-61-41-42-62-43-44-63-45-46-64-48(51)21-18-17-20-47(49)50/h2-46H2,1H3,(H,49,50). The van der Waals surface area contributed by atoms with E-state index in [0.717, 1.165) is 13.0 Å². The summed E-state index contributed by atoms with van der Waals surface area (Å²) in [6, 6.07) is 0. The van der Waals surface area contributed by atoms with Gasteiger partial charge in [0.05, 0.1) is 152 Å². The zero-order chi connectivity index (χ0) is 46.2. The van der Waals surface area contributed by atoms with Gasteiger partial charge in [-0.05, 0) is 19.3 Å². The lowest BCUT2D eigenvalue weighted by Crippen LogP contribution is -2.15. The number of carbonyl (C=O) groups excluding carboxylic acids is 1. The predicted molar refractivity (Wildman–Crippen MR) is 246 cm³/mol. The fraction of sp³-hybridized carbons (Fsp3) is 0.958. The molecule has 0 radical (unpaired) electrons. The average molecular weight is 927 g/mol. The Morgan fingerprint density at radius 2 is 0.484 bits per heavy atom. The molecule has 382 valence electrons. The van der Waals surface area contributed by atoms with Crippen LogP contribution in [0.4, 0.5) is 0 Å². The summed E-state index contributed by atoms with van der Waals surface area (Å²) in [6.07, 6.45) is 23.3. The molecule has 0 bridgehead atoms. The minimum absolute atomic E-state index is 0.0596. The highest BCUT2D eigenvalue weighted by Crippen LogP contribution is 2.14. The van der Waals surface area contributed by atoms with E-state index in [4.69, 9.17) is 66.7 Å². The maximum atomic E-state index is 11.5. The lowest BCUT2D eigenvalue weighted by atomic mass is 10.0. The van der Waals surface area contributed by atoms with Crippen molar-refractivity contribution in [1.29, 1.82) is 0 Å². The van der Waals surface area contributed by atoms with Gasteiger partial charge in [-0.1, -0.05) is 103 Å². The Balaban J connectivity index is 3.09. The molecule has 0 saturated carbocycles. The van der Waals surface area contributed by atoms with Crippen LogP contribution in [0.5, 0.6) is 0 Å². The van der Waals surface area contributed by atoms with E-state index in [-0.39, 0.29) is 32.0 Å². The minimum Gasteiger partial charge on any atom is -0.481 e. The fourth-order valence-electron chi connectivity index (χ4n) is 6.11. The van der Waals surface area contributed by atoms with E-state index in [9.17, 15) is 9.59 Å². The Bertz CT molecular complexity index is 902. The van der Waals surface area contributed by atoms with E-state index in [1.807, 2.05) is 0 Å². The lowest BCUT2D eigenvalue weighted by Gasteiger charge is -2.09. The van der Waals surface area contributed by atoms with Crippen molar-refractivity contribution in [1.82, 2.24) is 0 Å². The number of hydrogen-bond donors (Lipinski definition) is 1. The molecule has 0 heterocycles. The fourth-order valence-corrected chi connectivity index (χ4v) is 6.11. The first-order chi connectivity index (χ1) is 31.7. The normalized spacial score (nSPS) is 11.5. The zero-order valence-corrected chi connectivity index (χ0v) is 40.4. The van der Waals surface area contributed by atoms with Crippen molar-refractivity contribution in [3.05, 3.63) is 0 Å². The lowest BCUT2D eigenvalue weighted by molar-refractivity contribution is -0.146. The van der Waals surface area contributed by atoms with Gasteiger partial charge in [-0.2, -0.15) is 0 Å². The van der Waals surface area contributed by atoms with Gasteiger partial charge >= 0.3 is 11.9 Å². The maximum absolute atomic E-state index is 11.5. The number of aliphatic carboxylic acids is 1. The summed E-state index contributed by atoms with van der Waals surface area (Å²) in [6.45, 7) is 14.5. The molecule has 0 amide bonds. The molecular formula is C48H94O16. The van der Waals surface area contributed by atoms with Crippen molar-refractivity contribution in [2.24, 2.45) is 0 Å². The number of carboxylic acid groups (broad SMARTS) is 1. The number of ether oxygens (including phenoxy) is 13. The van der Waals surface area contributed by atoms with Crippen molar-refractivity contribution < 1.29 is 76.3 Å². The van der Waals surface area contributed by atoms with Crippen molar-refractivity contribution in [3.63, 3.8) is 0 Å². The predicted octanol–water partition coefficient (Wildman–Crippen LogP) is 7.64. The van der Waals surface area contributed by atoms with E-state index in [0.29, 0.717) is 158 Å². The van der Waals surface area contributed by atoms with E-state index in [1.54, 1.807) is 0 Å². The van der Waals surface area contributed by atoms with Gasteiger partial charge in [0.15, 0.2) is 0 Å². The Hall–Kier alpha value is -1.54. The highest BCUT2D eigenvalue weighted by Gasteiger charge is 2.04. The molecule has 0 aliphatic rings. The van der Waals surface area contributed by atoms with Crippen LogP contribution in [0, 0.1) is 0 Å². The van der Waals surface area contributed by atoms with Crippen LogP contribution in [-0.4, -0.2) is 182 Å². The SMILES string of the molecule is CCCCCCCCCCCCCCCCCCOCCOCCOCCOCCOCCOCCOCCOCCOCCOCCOCCOCCOC(=O)CCCCC(=O)O. The van der Waals surface area contributed by atoms with Crippen molar-refractivity contribution in [2.45, 2.75) is 135 Å². The number of hydrogen-bond acceptors (Lipinski definition) is 15. The molecule has 0 atom stereocenters. The van der Waals surface area contributed by atoms with Gasteiger partial charge in [-0.3, -0.25) is 9.59 Å². The number of esters is 1. The molecule has 0 aliphatic carbocycles. The summed E-state index contributed by atoms with van der Waals surface area (Å²) in [5.41, 5.74) is 0. The van der Waals surface area contributed by atoms with Crippen LogP contribution in [-0.2, 0) is 71.2 Å². The third kappa shape index (κ3) is 58.5. The Morgan fingerprint density at radius 3 is 0.750 bits per heavy atom. The highest BCUT2D eigenvalue weighted by atomic mass is 16.6. The monoisotopic (exact) mass is 927 g/mol. The number of unbranched alkanes of at least 4 members (excludes halogenated alkanes) is 16. The van der Waals surface area contributed by atoms with Crippen molar-refractivity contribution in [3.8, 4) is 0 Å². The summed E-state index contributed by atoms with van der Waals surface area (Å²) in [7, 11) is 0. The molecule has 0 saturated heterocycles. The number of carbonyl (C=O) groups is 2. The molecule has 64 heavy (non-hydrogen) atoms. The van der Waals surface area contributed by atoms with Gasteiger partial charge in [0, 0.05) is 19.4 Å². The molecular weight excluding hydrogens is 833 g/mol. The second-order valence-electron chi connectivity index (χ2n) is 15.5. The third-order valence-corrected chi connectivity index (χ3v) is 9.75. The van der Waals surface area contributed by atoms with Crippen LogP contribution < -0.4 is 0 Å². The number of rotatable bonds is 58. The van der Waals surface area contributed by atoms with Crippen LogP contribution in [0.25, 0.3) is 0 Å². The van der Waals surface area contributed by atoms with Crippen molar-refractivity contribution in [2.75, 3.05) is 165 Å².